The molecule has 0 heterocycles. The van der Waals surface area contributed by atoms with Crippen molar-refractivity contribution in [2.45, 2.75) is 13.3 Å². The Hall–Kier alpha value is -2.55. The number of hydrogen-bond acceptors (Lipinski definition) is 46. The number of ether oxygens (including phenoxy) is 45. The first-order valence-corrected chi connectivity index (χ1v) is 49.8. The minimum Gasteiger partial charge on any atom is -0.460 e. The van der Waals surface area contributed by atoms with Crippen molar-refractivity contribution < 1.29 is 218 Å². The Bertz CT molecular complexity index is 2040. The van der Waals surface area contributed by atoms with Gasteiger partial charge in [0.25, 0.3) is 0 Å². The second-order valence-electron chi connectivity index (χ2n) is 28.6. The molecule has 0 aliphatic carbocycles. The van der Waals surface area contributed by atoms with E-state index < -0.39 is 5.97 Å². The van der Waals surface area contributed by atoms with Gasteiger partial charge in [0.05, 0.1) is 562 Å². The first kappa shape index (κ1) is 137. The zero-order valence-electron chi connectivity index (χ0n) is 85.4. The Balaban J connectivity index is 3.11. The third kappa shape index (κ3) is 132. The molecule has 0 spiro atoms. The SMILES string of the molecule is C=C(C)C(=O)OCCOCCOCCOCCOCCOCCOCCOCCOCCOCCOCCOCCOCCOCCOCCOCCOCCOCCOCCOCCOCCOCCOCCOCCOCCOCCOCCOCCOCCOCCOCCOCCOCCOCCCOCCOCCOCCOCCOCCOCCOCCOCCOCCOCCOC. The van der Waals surface area contributed by atoms with Gasteiger partial charge in [0.2, 0.25) is 0 Å². The minimum absolute atomic E-state index is 0.187. The van der Waals surface area contributed by atoms with Gasteiger partial charge in [-0.05, 0) is 13.3 Å². The lowest BCUT2D eigenvalue weighted by atomic mass is 10.4. The van der Waals surface area contributed by atoms with Gasteiger partial charge in [-0.25, -0.2) is 4.79 Å². The molecule has 0 saturated heterocycles. The number of methoxy groups -OCH3 is 1. The third-order valence-electron chi connectivity index (χ3n) is 17.1. The van der Waals surface area contributed by atoms with Crippen molar-refractivity contribution in [1.82, 2.24) is 0 Å². The molecular formula is C94H186O46. The average Bonchev–Trinajstić information content (AvgIpc) is 1.01. The molecule has 0 bridgehead atoms. The third-order valence-corrected chi connectivity index (χ3v) is 17.1. The molecular weight excluding hydrogens is 1860 g/mol. The molecule has 838 valence electrons. The molecule has 140 heavy (non-hydrogen) atoms. The van der Waals surface area contributed by atoms with E-state index in [4.69, 9.17) is 213 Å². The molecule has 46 nitrogen and oxygen atoms in total. The van der Waals surface area contributed by atoms with E-state index in [0.717, 1.165) is 6.42 Å². The van der Waals surface area contributed by atoms with E-state index in [1.807, 2.05) is 0 Å². The van der Waals surface area contributed by atoms with Gasteiger partial charge in [0, 0.05) is 25.9 Å². The van der Waals surface area contributed by atoms with Crippen LogP contribution in [0.15, 0.2) is 12.2 Å². The fourth-order valence-electron chi connectivity index (χ4n) is 9.94. The summed E-state index contributed by atoms with van der Waals surface area (Å²) in [6, 6.07) is 0. The molecule has 0 aromatic carbocycles. The van der Waals surface area contributed by atoms with Crippen LogP contribution < -0.4 is 0 Å². The molecule has 0 fully saturated rings. The van der Waals surface area contributed by atoms with E-state index in [9.17, 15) is 4.79 Å². The Labute approximate surface area is 834 Å². The average molecular weight is 2050 g/mol. The Morgan fingerprint density at radius 1 is 0.121 bits per heavy atom. The van der Waals surface area contributed by atoms with Crippen LogP contribution >= 0.6 is 0 Å². The van der Waals surface area contributed by atoms with Crippen molar-refractivity contribution in [2.75, 3.05) is 589 Å². The summed E-state index contributed by atoms with van der Waals surface area (Å²) >= 11 is 0. The van der Waals surface area contributed by atoms with Gasteiger partial charge in [-0.15, -0.1) is 0 Å². The molecule has 0 aromatic heterocycles. The zero-order valence-corrected chi connectivity index (χ0v) is 85.4. The van der Waals surface area contributed by atoms with Crippen LogP contribution in [0, 0.1) is 0 Å². The van der Waals surface area contributed by atoms with E-state index in [0.29, 0.717) is 580 Å². The fraction of sp³-hybridized carbons (Fsp3) is 0.968. The van der Waals surface area contributed by atoms with E-state index in [-0.39, 0.29) is 6.61 Å². The summed E-state index contributed by atoms with van der Waals surface area (Å²) in [7, 11) is 1.64. The lowest BCUT2D eigenvalue weighted by molar-refractivity contribution is -0.140. The van der Waals surface area contributed by atoms with Gasteiger partial charge in [-0.2, -0.15) is 0 Å². The van der Waals surface area contributed by atoms with Crippen molar-refractivity contribution in [1.29, 1.82) is 0 Å². The van der Waals surface area contributed by atoms with Gasteiger partial charge in [0.15, 0.2) is 0 Å². The number of carbonyl (C=O) groups is 1. The monoisotopic (exact) mass is 2050 g/mol. The quantitative estimate of drug-likeness (QED) is 0.0476. The van der Waals surface area contributed by atoms with Crippen LogP contribution in [0.1, 0.15) is 13.3 Å². The van der Waals surface area contributed by atoms with E-state index in [1.165, 1.54) is 0 Å². The summed E-state index contributed by atoms with van der Waals surface area (Å²) < 4.78 is 247. The summed E-state index contributed by atoms with van der Waals surface area (Å²) in [6.45, 7) is 47.3. The molecule has 0 aromatic rings. The van der Waals surface area contributed by atoms with Crippen molar-refractivity contribution in [2.24, 2.45) is 0 Å². The molecule has 0 aliphatic heterocycles. The molecule has 0 aliphatic rings. The van der Waals surface area contributed by atoms with Crippen LogP contribution in [0.4, 0.5) is 0 Å². The molecule has 0 radical (unpaired) electrons. The molecule has 0 saturated carbocycles. The van der Waals surface area contributed by atoms with E-state index in [1.54, 1.807) is 14.0 Å². The van der Waals surface area contributed by atoms with Crippen LogP contribution in [0.3, 0.4) is 0 Å². The van der Waals surface area contributed by atoms with E-state index in [2.05, 4.69) is 6.58 Å². The highest BCUT2D eigenvalue weighted by molar-refractivity contribution is 5.86. The second kappa shape index (κ2) is 133. The van der Waals surface area contributed by atoms with Gasteiger partial charge >= 0.3 is 5.97 Å². The number of carbonyl (C=O) groups excluding carboxylic acids is 1. The van der Waals surface area contributed by atoms with Crippen molar-refractivity contribution in [3.8, 4) is 0 Å². The summed E-state index contributed by atoms with van der Waals surface area (Å²) in [4.78, 5) is 11.3. The fourth-order valence-corrected chi connectivity index (χ4v) is 9.94. The molecule has 46 heteroatoms. The van der Waals surface area contributed by atoms with Crippen molar-refractivity contribution >= 4 is 5.97 Å². The van der Waals surface area contributed by atoms with Crippen LogP contribution in [-0.4, -0.2) is 594 Å². The summed E-state index contributed by atoms with van der Waals surface area (Å²) in [5.74, 6) is -0.422. The molecule has 0 amide bonds. The van der Waals surface area contributed by atoms with Crippen LogP contribution in [0.5, 0.6) is 0 Å². The number of esters is 1. The highest BCUT2D eigenvalue weighted by Crippen LogP contribution is 1.99. The van der Waals surface area contributed by atoms with Gasteiger partial charge in [-0.1, -0.05) is 6.58 Å². The van der Waals surface area contributed by atoms with Crippen molar-refractivity contribution in [3.05, 3.63) is 12.2 Å². The van der Waals surface area contributed by atoms with Gasteiger partial charge in [-0.3, -0.25) is 0 Å². The first-order valence-electron chi connectivity index (χ1n) is 49.8. The van der Waals surface area contributed by atoms with E-state index >= 15 is 0 Å². The number of rotatable bonds is 134. The topological polar surface area (TPSA) is 432 Å². The Morgan fingerprint density at radius 3 is 0.271 bits per heavy atom. The first-order chi connectivity index (χ1) is 69.7. The second-order valence-corrected chi connectivity index (χ2v) is 28.6. The lowest BCUT2D eigenvalue weighted by Gasteiger charge is -2.09. The van der Waals surface area contributed by atoms with Crippen LogP contribution in [0.25, 0.3) is 0 Å². The Kier molecular flexibility index (Phi) is 130. The normalized spacial score (nSPS) is 11.8. The lowest BCUT2D eigenvalue weighted by Crippen LogP contribution is -2.16. The smallest absolute Gasteiger partial charge is 0.333 e. The maximum absolute atomic E-state index is 11.3. The van der Waals surface area contributed by atoms with Crippen LogP contribution in [0.2, 0.25) is 0 Å². The minimum atomic E-state index is -0.422. The molecule has 0 unspecified atom stereocenters. The van der Waals surface area contributed by atoms with Crippen LogP contribution in [-0.2, 0) is 218 Å². The predicted octanol–water partition coefficient (Wildman–Crippen LogP) is 1.86. The molecule has 0 atom stereocenters. The standard InChI is InChI=1S/C94H186O46/c1-93(2)94(95)140-92-91-139-90-89-138-88-87-137-86-85-136-84-83-135-82-81-134-80-79-133-78-77-132-76-75-131-74-73-130-72-71-129-70-69-128-68-67-127-66-65-126-64-63-125-62-61-124-60-59-123-58-57-122-56-55-121-54-53-120-52-51-119-50-49-118-48-47-117-46-45-116-44-43-115-42-41-114-40-39-113-38-37-112-36-34-110-30-28-107-24-22-104-18-16-101-12-10-98-6-4-5-97-9-11-100-15-17-103-21-23-106-27-29-109-33-35-111-32-31-108-26-25-105-20-19-102-14-13-99-8-7-96-3/h1,4-92H2,2-3H3. The van der Waals surface area contributed by atoms with Crippen molar-refractivity contribution in [3.63, 3.8) is 0 Å². The largest absolute Gasteiger partial charge is 0.460 e. The highest BCUT2D eigenvalue weighted by Gasteiger charge is 2.08. The maximum atomic E-state index is 11.3. The summed E-state index contributed by atoms with van der Waals surface area (Å²) in [6.07, 6.45) is 0.794. The molecule has 0 N–H and O–H groups in total. The number of hydrogen-bond donors (Lipinski definition) is 0. The zero-order chi connectivity index (χ0) is 99.9. The summed E-state index contributed by atoms with van der Waals surface area (Å²) in [5.41, 5.74) is 0.361. The van der Waals surface area contributed by atoms with Gasteiger partial charge in [0.1, 0.15) is 6.61 Å². The summed E-state index contributed by atoms with van der Waals surface area (Å²) in [5, 5.41) is 0. The Morgan fingerprint density at radius 2 is 0.193 bits per heavy atom. The predicted molar refractivity (Wildman–Crippen MR) is 507 cm³/mol. The maximum Gasteiger partial charge on any atom is 0.333 e. The highest BCUT2D eigenvalue weighted by atomic mass is 16.7. The van der Waals surface area contributed by atoms with Gasteiger partial charge < -0.3 is 213 Å². The molecule has 0 rings (SSSR count).